The fourth-order valence-electron chi connectivity index (χ4n) is 2.69. The van der Waals surface area contributed by atoms with E-state index in [9.17, 15) is 0 Å². The molecule has 17 heavy (non-hydrogen) atoms. The lowest BCUT2D eigenvalue weighted by atomic mass is 10.0. The van der Waals surface area contributed by atoms with Crippen molar-refractivity contribution in [2.75, 3.05) is 25.5 Å². The molecule has 0 bridgehead atoms. The first-order valence-corrected chi connectivity index (χ1v) is 6.77. The number of benzene rings is 1. The van der Waals surface area contributed by atoms with Crippen LogP contribution in [-0.2, 0) is 6.54 Å². The molecule has 0 spiro atoms. The van der Waals surface area contributed by atoms with Gasteiger partial charge in [-0.3, -0.25) is 0 Å². The van der Waals surface area contributed by atoms with Gasteiger partial charge in [-0.2, -0.15) is 0 Å². The summed E-state index contributed by atoms with van der Waals surface area (Å²) in [5, 5.41) is 0. The van der Waals surface area contributed by atoms with Crippen molar-refractivity contribution in [2.24, 2.45) is 0 Å². The van der Waals surface area contributed by atoms with Crippen LogP contribution in [0.4, 0.5) is 5.69 Å². The molecule has 1 N–H and O–H groups in total. The van der Waals surface area contributed by atoms with E-state index >= 15 is 0 Å². The molecule has 1 fully saturated rings. The summed E-state index contributed by atoms with van der Waals surface area (Å²) in [7, 11) is 4.18. The number of hydrogen-bond acceptors (Lipinski definition) is 1. The zero-order valence-corrected chi connectivity index (χ0v) is 11.4. The third kappa shape index (κ3) is 3.22. The van der Waals surface area contributed by atoms with Gasteiger partial charge in [0.15, 0.2) is 0 Å². The lowest BCUT2D eigenvalue weighted by Gasteiger charge is -2.30. The second-order valence-electron chi connectivity index (χ2n) is 5.54. The van der Waals surface area contributed by atoms with E-state index in [0.717, 1.165) is 6.04 Å². The van der Waals surface area contributed by atoms with Gasteiger partial charge < -0.3 is 9.80 Å². The van der Waals surface area contributed by atoms with Crippen molar-refractivity contribution in [3.63, 3.8) is 0 Å². The Morgan fingerprint density at radius 3 is 2.47 bits per heavy atom. The summed E-state index contributed by atoms with van der Waals surface area (Å²) in [5.41, 5.74) is 2.76. The molecule has 0 saturated carbocycles. The maximum absolute atomic E-state index is 2.39. The highest BCUT2D eigenvalue weighted by atomic mass is 15.2. The van der Waals surface area contributed by atoms with Gasteiger partial charge in [-0.15, -0.1) is 0 Å². The SMILES string of the molecule is C[C@H]1CCCC[NH+]1Cc1ccc(N(C)C)cc1. The van der Waals surface area contributed by atoms with Crippen molar-refractivity contribution in [1.29, 1.82) is 0 Å². The first kappa shape index (κ1) is 12.4. The molecule has 1 unspecified atom stereocenters. The summed E-state index contributed by atoms with van der Waals surface area (Å²) in [5.74, 6) is 0. The van der Waals surface area contributed by atoms with Crippen molar-refractivity contribution in [3.8, 4) is 0 Å². The number of nitrogens with zero attached hydrogens (tertiary/aromatic N) is 1. The van der Waals surface area contributed by atoms with Crippen LogP contribution in [0.1, 0.15) is 31.7 Å². The molecule has 1 aliphatic rings. The molecule has 0 radical (unpaired) electrons. The monoisotopic (exact) mass is 233 g/mol. The van der Waals surface area contributed by atoms with E-state index < -0.39 is 0 Å². The fraction of sp³-hybridized carbons (Fsp3) is 0.600. The molecule has 94 valence electrons. The van der Waals surface area contributed by atoms with Crippen molar-refractivity contribution < 1.29 is 4.90 Å². The van der Waals surface area contributed by atoms with Gasteiger partial charge >= 0.3 is 0 Å². The molecule has 1 aromatic rings. The highest BCUT2D eigenvalue weighted by Crippen LogP contribution is 2.12. The van der Waals surface area contributed by atoms with Crippen LogP contribution < -0.4 is 9.80 Å². The van der Waals surface area contributed by atoms with Gasteiger partial charge in [-0.05, 0) is 38.3 Å². The number of likely N-dealkylation sites (tertiary alicyclic amines) is 1. The Bertz CT molecular complexity index is 342. The van der Waals surface area contributed by atoms with E-state index in [2.05, 4.69) is 50.2 Å². The molecule has 0 aliphatic carbocycles. The van der Waals surface area contributed by atoms with Gasteiger partial charge in [-0.25, -0.2) is 0 Å². The standard InChI is InChI=1S/C15H24N2/c1-13-6-4-5-11-17(13)12-14-7-9-15(10-8-14)16(2)3/h7-10,13H,4-6,11-12H2,1-3H3/p+1/t13-/m0/s1. The van der Waals surface area contributed by atoms with Crippen LogP contribution in [0, 0.1) is 0 Å². The van der Waals surface area contributed by atoms with Crippen LogP contribution in [0.15, 0.2) is 24.3 Å². The molecule has 1 aliphatic heterocycles. The van der Waals surface area contributed by atoms with Crippen LogP contribution in [0.25, 0.3) is 0 Å². The Hall–Kier alpha value is -1.02. The summed E-state index contributed by atoms with van der Waals surface area (Å²) in [6.07, 6.45) is 4.21. The van der Waals surface area contributed by atoms with Gasteiger partial charge in [0.1, 0.15) is 6.54 Å². The summed E-state index contributed by atoms with van der Waals surface area (Å²) in [4.78, 5) is 3.91. The van der Waals surface area contributed by atoms with Crippen LogP contribution in [0.5, 0.6) is 0 Å². The quantitative estimate of drug-likeness (QED) is 0.835. The molecular formula is C15H25N2+. The number of quaternary nitrogens is 1. The molecule has 2 heteroatoms. The van der Waals surface area contributed by atoms with Crippen molar-refractivity contribution >= 4 is 5.69 Å². The Morgan fingerprint density at radius 1 is 1.18 bits per heavy atom. The number of piperidine rings is 1. The van der Waals surface area contributed by atoms with E-state index in [1.807, 2.05) is 0 Å². The summed E-state index contributed by atoms with van der Waals surface area (Å²) < 4.78 is 0. The van der Waals surface area contributed by atoms with E-state index in [-0.39, 0.29) is 0 Å². The smallest absolute Gasteiger partial charge is 0.103 e. The molecule has 1 aromatic carbocycles. The summed E-state index contributed by atoms with van der Waals surface area (Å²) >= 11 is 0. The Kier molecular flexibility index (Phi) is 4.06. The molecule has 1 saturated heterocycles. The zero-order valence-electron chi connectivity index (χ0n) is 11.4. The number of rotatable bonds is 3. The van der Waals surface area contributed by atoms with Crippen molar-refractivity contribution in [3.05, 3.63) is 29.8 Å². The molecule has 0 amide bonds. The van der Waals surface area contributed by atoms with Crippen LogP contribution in [0.2, 0.25) is 0 Å². The third-order valence-electron chi connectivity index (χ3n) is 3.97. The Labute approximate surface area is 105 Å². The predicted octanol–water partition coefficient (Wildman–Crippen LogP) is 1.71. The predicted molar refractivity (Wildman–Crippen MR) is 73.6 cm³/mol. The highest BCUT2D eigenvalue weighted by Gasteiger charge is 2.21. The van der Waals surface area contributed by atoms with Crippen LogP contribution in [0.3, 0.4) is 0 Å². The minimum Gasteiger partial charge on any atom is -0.378 e. The first-order valence-electron chi connectivity index (χ1n) is 6.77. The largest absolute Gasteiger partial charge is 0.378 e. The van der Waals surface area contributed by atoms with Crippen LogP contribution in [-0.4, -0.2) is 26.7 Å². The Morgan fingerprint density at radius 2 is 1.88 bits per heavy atom. The van der Waals surface area contributed by atoms with Gasteiger partial charge in [0, 0.05) is 25.3 Å². The van der Waals surface area contributed by atoms with Crippen molar-refractivity contribution in [2.45, 2.75) is 38.8 Å². The minimum atomic E-state index is 0.831. The van der Waals surface area contributed by atoms with E-state index in [0.29, 0.717) is 0 Å². The molecule has 2 rings (SSSR count). The molecule has 1 heterocycles. The van der Waals surface area contributed by atoms with E-state index in [1.165, 1.54) is 43.6 Å². The molecular weight excluding hydrogens is 208 g/mol. The van der Waals surface area contributed by atoms with Gasteiger partial charge in [0.05, 0.1) is 12.6 Å². The third-order valence-corrected chi connectivity index (χ3v) is 3.97. The number of anilines is 1. The van der Waals surface area contributed by atoms with E-state index in [1.54, 1.807) is 4.90 Å². The second-order valence-corrected chi connectivity index (χ2v) is 5.54. The first-order chi connectivity index (χ1) is 8.16. The molecule has 2 nitrogen and oxygen atoms in total. The minimum absolute atomic E-state index is 0.831. The lowest BCUT2D eigenvalue weighted by molar-refractivity contribution is -0.941. The Balaban J connectivity index is 1.98. The molecule has 2 atom stereocenters. The average molecular weight is 233 g/mol. The van der Waals surface area contributed by atoms with Gasteiger partial charge in [0.25, 0.3) is 0 Å². The summed E-state index contributed by atoms with van der Waals surface area (Å²) in [6.45, 7) is 4.92. The normalized spacial score (nSPS) is 24.6. The maximum atomic E-state index is 2.39. The topological polar surface area (TPSA) is 7.68 Å². The fourth-order valence-corrected chi connectivity index (χ4v) is 2.69. The summed E-state index contributed by atoms with van der Waals surface area (Å²) in [6, 6.07) is 9.84. The van der Waals surface area contributed by atoms with E-state index in [4.69, 9.17) is 0 Å². The highest BCUT2D eigenvalue weighted by molar-refractivity contribution is 5.45. The lowest BCUT2D eigenvalue weighted by Crippen LogP contribution is -3.14. The molecule has 0 aromatic heterocycles. The van der Waals surface area contributed by atoms with Crippen molar-refractivity contribution in [1.82, 2.24) is 0 Å². The van der Waals surface area contributed by atoms with Gasteiger partial charge in [-0.1, -0.05) is 12.1 Å². The van der Waals surface area contributed by atoms with Gasteiger partial charge in [0.2, 0.25) is 0 Å². The number of hydrogen-bond donors (Lipinski definition) is 1. The maximum Gasteiger partial charge on any atom is 0.103 e. The van der Waals surface area contributed by atoms with Crippen LogP contribution >= 0.6 is 0 Å². The average Bonchev–Trinajstić information content (AvgIpc) is 2.33. The number of nitrogens with one attached hydrogen (secondary N) is 1. The second kappa shape index (κ2) is 5.54. The zero-order chi connectivity index (χ0) is 12.3.